The van der Waals surface area contributed by atoms with E-state index in [4.69, 9.17) is 5.11 Å². The predicted octanol–water partition coefficient (Wildman–Crippen LogP) is 0.946. The first kappa shape index (κ1) is 18.0. The minimum absolute atomic E-state index is 0.102. The van der Waals surface area contributed by atoms with Crippen LogP contribution in [0.1, 0.15) is 5.56 Å². The van der Waals surface area contributed by atoms with Crippen LogP contribution in [0, 0.1) is 17.0 Å². The molecule has 0 aromatic carbocycles. The number of nitrogens with zero attached hydrogens (tertiary/aromatic N) is 6. The van der Waals surface area contributed by atoms with E-state index in [-0.39, 0.29) is 18.1 Å². The molecule has 0 bridgehead atoms. The summed E-state index contributed by atoms with van der Waals surface area (Å²) in [5, 5.41) is 23.6. The fourth-order valence-corrected chi connectivity index (χ4v) is 2.85. The number of aryl methyl sites for hydroxylation is 1. The lowest BCUT2D eigenvalue weighted by molar-refractivity contribution is -0.383. The molecule has 3 heterocycles. The molecule has 2 aromatic heterocycles. The number of aliphatic hydroxyl groups is 1. The van der Waals surface area contributed by atoms with Crippen LogP contribution < -0.4 is 10.2 Å². The maximum absolute atomic E-state index is 11.7. The number of piperazine rings is 1. The van der Waals surface area contributed by atoms with E-state index in [9.17, 15) is 10.1 Å². The van der Waals surface area contributed by atoms with Crippen molar-refractivity contribution in [3.63, 3.8) is 0 Å². The van der Waals surface area contributed by atoms with Crippen LogP contribution in [0.25, 0.3) is 0 Å². The number of aromatic nitrogens is 3. The minimum atomic E-state index is -0.466. The first-order valence-corrected chi connectivity index (χ1v) is 8.35. The molecule has 1 saturated heterocycles. The predicted molar refractivity (Wildman–Crippen MR) is 96.7 cm³/mol. The van der Waals surface area contributed by atoms with Crippen LogP contribution in [0.2, 0.25) is 0 Å². The summed E-state index contributed by atoms with van der Waals surface area (Å²) in [6, 6.07) is 3.61. The molecule has 1 aliphatic rings. The van der Waals surface area contributed by atoms with Crippen LogP contribution in [0.15, 0.2) is 24.7 Å². The zero-order valence-corrected chi connectivity index (χ0v) is 14.5. The molecule has 2 aromatic rings. The molecule has 3 rings (SSSR count). The SMILES string of the molecule is Cc1ccc(Nc2ncnc(N3CCN(CCO)CC3)c2[N+](=O)[O-])nc1. The standard InChI is InChI=1S/C16H21N7O3/c1-12-2-3-13(17-10-12)20-15-14(23(25)26)16(19-11-18-15)22-6-4-21(5-7-22)8-9-24/h2-3,10-11,24H,4-9H2,1H3,(H,17,18,19,20). The Labute approximate surface area is 150 Å². The Balaban J connectivity index is 1.85. The molecular weight excluding hydrogens is 338 g/mol. The Morgan fingerprint density at radius 3 is 2.62 bits per heavy atom. The first-order chi connectivity index (χ1) is 12.6. The first-order valence-electron chi connectivity index (χ1n) is 8.35. The van der Waals surface area contributed by atoms with E-state index >= 15 is 0 Å². The van der Waals surface area contributed by atoms with Crippen molar-refractivity contribution in [1.82, 2.24) is 19.9 Å². The van der Waals surface area contributed by atoms with Gasteiger partial charge in [0, 0.05) is 38.9 Å². The number of aliphatic hydroxyl groups excluding tert-OH is 1. The van der Waals surface area contributed by atoms with E-state index in [2.05, 4.69) is 25.2 Å². The van der Waals surface area contributed by atoms with Crippen molar-refractivity contribution in [3.05, 3.63) is 40.3 Å². The van der Waals surface area contributed by atoms with Crippen molar-refractivity contribution in [2.24, 2.45) is 0 Å². The van der Waals surface area contributed by atoms with Crippen molar-refractivity contribution in [2.45, 2.75) is 6.92 Å². The summed E-state index contributed by atoms with van der Waals surface area (Å²) in [4.78, 5) is 27.6. The van der Waals surface area contributed by atoms with Gasteiger partial charge in [-0.05, 0) is 18.6 Å². The summed E-state index contributed by atoms with van der Waals surface area (Å²) >= 11 is 0. The van der Waals surface area contributed by atoms with Crippen molar-refractivity contribution in [2.75, 3.05) is 49.5 Å². The van der Waals surface area contributed by atoms with Crippen molar-refractivity contribution < 1.29 is 10.0 Å². The lowest BCUT2D eigenvalue weighted by Crippen LogP contribution is -2.47. The van der Waals surface area contributed by atoms with Gasteiger partial charge in [-0.2, -0.15) is 0 Å². The van der Waals surface area contributed by atoms with E-state index in [1.165, 1.54) is 6.33 Å². The maximum atomic E-state index is 11.7. The highest BCUT2D eigenvalue weighted by Gasteiger charge is 2.29. The molecule has 2 N–H and O–H groups in total. The third kappa shape index (κ3) is 4.03. The van der Waals surface area contributed by atoms with E-state index in [1.54, 1.807) is 12.3 Å². The molecule has 0 unspecified atom stereocenters. The van der Waals surface area contributed by atoms with E-state index in [0.717, 1.165) is 5.56 Å². The van der Waals surface area contributed by atoms with E-state index in [1.807, 2.05) is 17.9 Å². The van der Waals surface area contributed by atoms with Gasteiger partial charge in [-0.3, -0.25) is 15.0 Å². The second-order valence-corrected chi connectivity index (χ2v) is 6.05. The number of pyridine rings is 1. The highest BCUT2D eigenvalue weighted by Crippen LogP contribution is 2.33. The second-order valence-electron chi connectivity index (χ2n) is 6.05. The van der Waals surface area contributed by atoms with Crippen molar-refractivity contribution in [3.8, 4) is 0 Å². The smallest absolute Gasteiger partial charge is 0.353 e. The molecule has 0 radical (unpaired) electrons. The van der Waals surface area contributed by atoms with Gasteiger partial charge in [0.2, 0.25) is 11.6 Å². The molecule has 0 amide bonds. The summed E-state index contributed by atoms with van der Waals surface area (Å²) in [6.45, 7) is 5.24. The quantitative estimate of drug-likeness (QED) is 0.573. The topological polar surface area (TPSA) is 121 Å². The molecule has 0 spiro atoms. The van der Waals surface area contributed by atoms with Crippen LogP contribution in [0.4, 0.5) is 23.1 Å². The Hall–Kier alpha value is -2.85. The third-order valence-electron chi connectivity index (χ3n) is 4.23. The van der Waals surface area contributed by atoms with Crippen molar-refractivity contribution in [1.29, 1.82) is 0 Å². The van der Waals surface area contributed by atoms with Gasteiger partial charge in [-0.15, -0.1) is 0 Å². The molecule has 138 valence electrons. The molecule has 10 nitrogen and oxygen atoms in total. The number of nitrogens with one attached hydrogen (secondary N) is 1. The Bertz CT molecular complexity index is 761. The summed E-state index contributed by atoms with van der Waals surface area (Å²) in [7, 11) is 0. The van der Waals surface area contributed by atoms with E-state index in [0.29, 0.717) is 44.4 Å². The lowest BCUT2D eigenvalue weighted by Gasteiger charge is -2.34. The van der Waals surface area contributed by atoms with Gasteiger partial charge in [0.15, 0.2) is 0 Å². The summed E-state index contributed by atoms with van der Waals surface area (Å²) in [5.74, 6) is 0.897. The van der Waals surface area contributed by atoms with E-state index < -0.39 is 4.92 Å². The minimum Gasteiger partial charge on any atom is -0.395 e. The Morgan fingerprint density at radius 2 is 2.00 bits per heavy atom. The van der Waals surface area contributed by atoms with Crippen LogP contribution in [0.5, 0.6) is 0 Å². The molecule has 1 fully saturated rings. The Kier molecular flexibility index (Phi) is 5.54. The molecular formula is C16H21N7O3. The average molecular weight is 359 g/mol. The fraction of sp³-hybridized carbons (Fsp3) is 0.438. The highest BCUT2D eigenvalue weighted by molar-refractivity contribution is 5.73. The molecule has 0 atom stereocenters. The number of nitro groups is 1. The van der Waals surface area contributed by atoms with Gasteiger partial charge in [-0.1, -0.05) is 6.07 Å². The zero-order chi connectivity index (χ0) is 18.5. The summed E-state index contributed by atoms with van der Waals surface area (Å²) in [5.41, 5.74) is 0.833. The van der Waals surface area contributed by atoms with Crippen LogP contribution >= 0.6 is 0 Å². The normalized spacial score (nSPS) is 15.1. The summed E-state index contributed by atoms with van der Waals surface area (Å²) in [6.07, 6.45) is 3.00. The number of hydrogen-bond donors (Lipinski definition) is 2. The van der Waals surface area contributed by atoms with Gasteiger partial charge in [-0.25, -0.2) is 15.0 Å². The molecule has 1 aliphatic heterocycles. The maximum Gasteiger partial charge on any atom is 0.353 e. The number of rotatable bonds is 6. The van der Waals surface area contributed by atoms with Gasteiger partial charge in [0.25, 0.3) is 0 Å². The van der Waals surface area contributed by atoms with Crippen LogP contribution in [0.3, 0.4) is 0 Å². The number of β-amino-alcohol motifs (C(OH)–C–C–N with tert-alkyl or cyclic N) is 1. The van der Waals surface area contributed by atoms with Gasteiger partial charge >= 0.3 is 5.69 Å². The van der Waals surface area contributed by atoms with Gasteiger partial charge in [0.1, 0.15) is 12.1 Å². The Morgan fingerprint density at radius 1 is 1.23 bits per heavy atom. The number of anilines is 3. The molecule has 0 saturated carbocycles. The average Bonchev–Trinajstić information content (AvgIpc) is 2.64. The second kappa shape index (κ2) is 8.02. The van der Waals surface area contributed by atoms with Crippen molar-refractivity contribution >= 4 is 23.1 Å². The molecule has 26 heavy (non-hydrogen) atoms. The van der Waals surface area contributed by atoms with Gasteiger partial charge < -0.3 is 15.3 Å². The van der Waals surface area contributed by atoms with Crippen LogP contribution in [-0.4, -0.2) is 69.2 Å². The summed E-state index contributed by atoms with van der Waals surface area (Å²) < 4.78 is 0. The molecule has 0 aliphatic carbocycles. The highest BCUT2D eigenvalue weighted by atomic mass is 16.6. The molecule has 10 heteroatoms. The number of hydrogen-bond acceptors (Lipinski definition) is 9. The third-order valence-corrected chi connectivity index (χ3v) is 4.23. The largest absolute Gasteiger partial charge is 0.395 e. The van der Waals surface area contributed by atoms with Gasteiger partial charge in [0.05, 0.1) is 11.5 Å². The van der Waals surface area contributed by atoms with Crippen LogP contribution in [-0.2, 0) is 0 Å². The lowest BCUT2D eigenvalue weighted by atomic mass is 10.3. The zero-order valence-electron chi connectivity index (χ0n) is 14.5. The fourth-order valence-electron chi connectivity index (χ4n) is 2.85. The monoisotopic (exact) mass is 359 g/mol.